The van der Waals surface area contributed by atoms with Crippen LogP contribution in [0, 0.1) is 5.82 Å². The van der Waals surface area contributed by atoms with E-state index in [1.54, 1.807) is 12.3 Å². The van der Waals surface area contributed by atoms with Crippen molar-refractivity contribution in [3.63, 3.8) is 0 Å². The van der Waals surface area contributed by atoms with Gasteiger partial charge in [0.25, 0.3) is 0 Å². The first kappa shape index (κ1) is 15.7. The molecule has 0 saturated carbocycles. The van der Waals surface area contributed by atoms with Crippen LogP contribution in [0.1, 0.15) is 24.2 Å². The van der Waals surface area contributed by atoms with Gasteiger partial charge in [0.2, 0.25) is 11.4 Å². The molecule has 0 aliphatic carbocycles. The SMILES string of the molecule is C[C@@H]1CN(c2c(C=O)cc3c(-n4ccnn4)noc3c2F)C[C@H](C)O1. The van der Waals surface area contributed by atoms with Crippen molar-refractivity contribution >= 4 is 22.9 Å². The monoisotopic (exact) mass is 345 g/mol. The Hall–Kier alpha value is -2.81. The number of hydrogen-bond donors (Lipinski definition) is 0. The zero-order valence-electron chi connectivity index (χ0n) is 13.7. The zero-order valence-corrected chi connectivity index (χ0v) is 13.7. The Morgan fingerprint density at radius 2 is 2.08 bits per heavy atom. The molecule has 1 aliphatic heterocycles. The van der Waals surface area contributed by atoms with E-state index in [0.717, 1.165) is 0 Å². The van der Waals surface area contributed by atoms with Gasteiger partial charge in [0, 0.05) is 18.7 Å². The summed E-state index contributed by atoms with van der Waals surface area (Å²) in [5.41, 5.74) is 0.430. The first-order chi connectivity index (χ1) is 12.1. The van der Waals surface area contributed by atoms with E-state index in [2.05, 4.69) is 15.5 Å². The van der Waals surface area contributed by atoms with Crippen LogP contribution in [-0.2, 0) is 4.74 Å². The van der Waals surface area contributed by atoms with Gasteiger partial charge < -0.3 is 14.2 Å². The van der Waals surface area contributed by atoms with E-state index in [1.807, 2.05) is 18.7 Å². The van der Waals surface area contributed by atoms with Crippen molar-refractivity contribution in [2.45, 2.75) is 26.1 Å². The standard InChI is InChI=1S/C16H16FN5O3/c1-9-6-21(7-10(2)24-9)14-11(8-23)5-12-15(13(14)17)25-19-16(12)22-4-3-18-20-22/h3-5,8-10H,6-7H2,1-2H3/t9-,10+. The number of halogens is 1. The Kier molecular flexibility index (Phi) is 3.72. The summed E-state index contributed by atoms with van der Waals surface area (Å²) >= 11 is 0. The molecule has 0 bridgehead atoms. The summed E-state index contributed by atoms with van der Waals surface area (Å²) in [7, 11) is 0. The number of rotatable bonds is 3. The van der Waals surface area contributed by atoms with Gasteiger partial charge in [0.05, 0.1) is 35.7 Å². The van der Waals surface area contributed by atoms with Crippen molar-refractivity contribution in [3.05, 3.63) is 29.8 Å². The second-order valence-electron chi connectivity index (χ2n) is 6.14. The van der Waals surface area contributed by atoms with Crippen LogP contribution in [0.4, 0.5) is 10.1 Å². The third-order valence-electron chi connectivity index (χ3n) is 4.19. The summed E-state index contributed by atoms with van der Waals surface area (Å²) in [4.78, 5) is 13.5. The highest BCUT2D eigenvalue weighted by Gasteiger charge is 2.29. The lowest BCUT2D eigenvalue weighted by Crippen LogP contribution is -2.46. The molecule has 3 heterocycles. The maximum atomic E-state index is 15.2. The number of nitrogens with zero attached hydrogens (tertiary/aromatic N) is 5. The summed E-state index contributed by atoms with van der Waals surface area (Å²) in [6, 6.07) is 1.57. The molecule has 1 aromatic carbocycles. The lowest BCUT2D eigenvalue weighted by atomic mass is 10.1. The van der Waals surface area contributed by atoms with Crippen LogP contribution in [0.15, 0.2) is 23.0 Å². The van der Waals surface area contributed by atoms with E-state index in [0.29, 0.717) is 24.8 Å². The Labute approximate surface area is 142 Å². The minimum absolute atomic E-state index is 0.0158. The Bertz CT molecular complexity index is 914. The summed E-state index contributed by atoms with van der Waals surface area (Å²) in [6.07, 6.45) is 3.54. The van der Waals surface area contributed by atoms with Crippen LogP contribution >= 0.6 is 0 Å². The maximum absolute atomic E-state index is 15.2. The first-order valence-corrected chi connectivity index (χ1v) is 7.92. The Balaban J connectivity index is 1.88. The lowest BCUT2D eigenvalue weighted by Gasteiger charge is -2.37. The van der Waals surface area contributed by atoms with E-state index in [-0.39, 0.29) is 34.9 Å². The fraction of sp³-hybridized carbons (Fsp3) is 0.375. The quantitative estimate of drug-likeness (QED) is 0.671. The van der Waals surface area contributed by atoms with E-state index in [1.165, 1.54) is 10.9 Å². The Morgan fingerprint density at radius 3 is 2.72 bits per heavy atom. The number of aromatic nitrogens is 4. The van der Waals surface area contributed by atoms with Gasteiger partial charge in [0.1, 0.15) is 0 Å². The molecule has 3 aromatic rings. The second kappa shape index (κ2) is 5.92. The van der Waals surface area contributed by atoms with Gasteiger partial charge >= 0.3 is 0 Å². The second-order valence-corrected chi connectivity index (χ2v) is 6.14. The number of carbonyl (C=O) groups is 1. The molecule has 130 valence electrons. The minimum atomic E-state index is -0.611. The highest BCUT2D eigenvalue weighted by atomic mass is 19.1. The first-order valence-electron chi connectivity index (χ1n) is 7.92. The molecule has 4 rings (SSSR count). The van der Waals surface area contributed by atoms with Crippen LogP contribution in [-0.4, -0.2) is 51.7 Å². The molecule has 1 aliphatic rings. The molecule has 2 aromatic heterocycles. The largest absolute Gasteiger partial charge is 0.372 e. The minimum Gasteiger partial charge on any atom is -0.372 e. The molecule has 1 saturated heterocycles. The van der Waals surface area contributed by atoms with Crippen LogP contribution in [0.25, 0.3) is 16.8 Å². The van der Waals surface area contributed by atoms with Gasteiger partial charge in [-0.1, -0.05) is 10.4 Å². The lowest BCUT2D eigenvalue weighted by molar-refractivity contribution is -0.00543. The summed E-state index contributed by atoms with van der Waals surface area (Å²) in [5.74, 6) is -0.329. The molecular formula is C16H16FN5O3. The van der Waals surface area contributed by atoms with Crippen LogP contribution in [0.5, 0.6) is 0 Å². The average Bonchev–Trinajstić information content (AvgIpc) is 3.22. The zero-order chi connectivity index (χ0) is 17.6. The van der Waals surface area contributed by atoms with Crippen LogP contribution in [0.3, 0.4) is 0 Å². The summed E-state index contributed by atoms with van der Waals surface area (Å²) in [6.45, 7) is 4.79. The molecule has 8 nitrogen and oxygen atoms in total. The third kappa shape index (κ3) is 2.56. The van der Waals surface area contributed by atoms with Crippen LogP contribution < -0.4 is 4.90 Å². The molecule has 1 fully saturated rings. The average molecular weight is 345 g/mol. The number of carbonyl (C=O) groups excluding carboxylic acids is 1. The molecule has 0 amide bonds. The molecule has 0 radical (unpaired) electrons. The van der Waals surface area contributed by atoms with Crippen molar-refractivity contribution in [2.75, 3.05) is 18.0 Å². The van der Waals surface area contributed by atoms with E-state index >= 15 is 4.39 Å². The maximum Gasteiger partial charge on any atom is 0.206 e. The third-order valence-corrected chi connectivity index (χ3v) is 4.19. The van der Waals surface area contributed by atoms with Gasteiger partial charge in [-0.2, -0.15) is 4.68 Å². The number of morpholine rings is 1. The predicted octanol–water partition coefficient (Wildman–Crippen LogP) is 1.97. The Morgan fingerprint density at radius 1 is 1.32 bits per heavy atom. The number of anilines is 1. The fourth-order valence-corrected chi connectivity index (χ4v) is 3.29. The van der Waals surface area contributed by atoms with Gasteiger partial charge in [-0.25, -0.2) is 4.39 Å². The highest BCUT2D eigenvalue weighted by Crippen LogP contribution is 2.34. The summed E-state index contributed by atoms with van der Waals surface area (Å²) < 4.78 is 27.4. The predicted molar refractivity (Wildman–Crippen MR) is 86.5 cm³/mol. The molecular weight excluding hydrogens is 329 g/mol. The molecule has 9 heteroatoms. The number of ether oxygens (including phenoxy) is 1. The molecule has 2 atom stereocenters. The van der Waals surface area contributed by atoms with E-state index < -0.39 is 5.82 Å². The van der Waals surface area contributed by atoms with Crippen molar-refractivity contribution in [3.8, 4) is 5.82 Å². The molecule has 0 unspecified atom stereocenters. The number of hydrogen-bond acceptors (Lipinski definition) is 7. The normalized spacial score (nSPS) is 21.0. The molecule has 0 spiro atoms. The summed E-state index contributed by atoms with van der Waals surface area (Å²) in [5, 5.41) is 11.8. The number of fused-ring (bicyclic) bond motifs is 1. The van der Waals surface area contributed by atoms with Crippen molar-refractivity contribution in [1.29, 1.82) is 0 Å². The van der Waals surface area contributed by atoms with E-state index in [4.69, 9.17) is 9.26 Å². The van der Waals surface area contributed by atoms with Gasteiger partial charge in [-0.05, 0) is 19.9 Å². The molecule has 0 N–H and O–H groups in total. The number of aldehydes is 1. The number of benzene rings is 1. The van der Waals surface area contributed by atoms with Gasteiger partial charge in [0.15, 0.2) is 12.1 Å². The van der Waals surface area contributed by atoms with Crippen molar-refractivity contribution < 1.29 is 18.4 Å². The van der Waals surface area contributed by atoms with Crippen molar-refractivity contribution in [1.82, 2.24) is 20.2 Å². The van der Waals surface area contributed by atoms with Crippen molar-refractivity contribution in [2.24, 2.45) is 0 Å². The van der Waals surface area contributed by atoms with E-state index in [9.17, 15) is 4.79 Å². The fourth-order valence-electron chi connectivity index (χ4n) is 3.29. The van der Waals surface area contributed by atoms with Crippen LogP contribution in [0.2, 0.25) is 0 Å². The van der Waals surface area contributed by atoms with Gasteiger partial charge in [-0.15, -0.1) is 5.10 Å². The smallest absolute Gasteiger partial charge is 0.206 e. The molecule has 25 heavy (non-hydrogen) atoms. The topological polar surface area (TPSA) is 86.3 Å². The van der Waals surface area contributed by atoms with Gasteiger partial charge in [-0.3, -0.25) is 4.79 Å². The highest BCUT2D eigenvalue weighted by molar-refractivity contribution is 5.97.